The number of hydrogen-bond acceptors (Lipinski definition) is 3. The van der Waals surface area contributed by atoms with Crippen LogP contribution in [0, 0.1) is 0 Å². The molecule has 0 atom stereocenters. The maximum atomic E-state index is 4.20. The van der Waals surface area contributed by atoms with Crippen molar-refractivity contribution in [2.75, 3.05) is 0 Å². The largest absolute Gasteiger partial charge is 0.230 e. The molecule has 0 N–H and O–H groups in total. The number of nitrogens with zero attached hydrogens (tertiary/aromatic N) is 1. The van der Waals surface area contributed by atoms with Crippen LogP contribution in [0.1, 0.15) is 0 Å². The second-order valence-electron chi connectivity index (χ2n) is 1.96. The fraction of sp³-hybridized carbons (Fsp3) is 0. The summed E-state index contributed by atoms with van der Waals surface area (Å²) in [5.74, 6) is 0. The molecule has 0 aliphatic rings. The van der Waals surface area contributed by atoms with Crippen molar-refractivity contribution in [2.24, 2.45) is 0 Å². The molecule has 0 saturated heterocycles. The van der Waals surface area contributed by atoms with E-state index in [-0.39, 0.29) is 17.1 Å². The van der Waals surface area contributed by atoms with Crippen molar-refractivity contribution < 1.29 is 17.1 Å². The minimum absolute atomic E-state index is 0. The van der Waals surface area contributed by atoms with Crippen molar-refractivity contribution in [3.63, 3.8) is 0 Å². The quantitative estimate of drug-likeness (QED) is 0.534. The normalized spacial score (nSPS) is 9.55. The molecule has 4 heteroatoms. The van der Waals surface area contributed by atoms with E-state index >= 15 is 0 Å². The van der Waals surface area contributed by atoms with E-state index in [1.54, 1.807) is 11.3 Å². The van der Waals surface area contributed by atoms with Gasteiger partial charge in [-0.2, -0.15) is 0 Å². The standard InChI is InChI=1S/C7H5NS2.Mn/c9-7-8-5-3-1-2-4-6(5)10-7;/h1-4H,(H,8,9);. The minimum atomic E-state index is 0. The smallest absolute Gasteiger partial charge is 0.148 e. The third-order valence-corrected chi connectivity index (χ3v) is 2.50. The predicted molar refractivity (Wildman–Crippen MR) is 46.9 cm³/mol. The fourth-order valence-corrected chi connectivity index (χ4v) is 1.97. The van der Waals surface area contributed by atoms with Crippen molar-refractivity contribution in [3.05, 3.63) is 24.3 Å². The summed E-state index contributed by atoms with van der Waals surface area (Å²) in [6.45, 7) is 0. The SMILES string of the molecule is Sc1nc2ccccc2s1.[Mn]. The minimum Gasteiger partial charge on any atom is -0.230 e. The van der Waals surface area contributed by atoms with E-state index in [0.29, 0.717) is 0 Å². The molecule has 2 rings (SSSR count). The van der Waals surface area contributed by atoms with Crippen LogP contribution in [0.2, 0.25) is 0 Å². The fourth-order valence-electron chi connectivity index (χ4n) is 0.860. The van der Waals surface area contributed by atoms with Crippen LogP contribution < -0.4 is 0 Å². The van der Waals surface area contributed by atoms with Crippen LogP contribution in [0.25, 0.3) is 10.2 Å². The number of thiazole rings is 1. The van der Waals surface area contributed by atoms with Gasteiger partial charge in [-0.25, -0.2) is 4.98 Å². The summed E-state index contributed by atoms with van der Waals surface area (Å²) >= 11 is 5.76. The van der Waals surface area contributed by atoms with Crippen LogP contribution in [0.3, 0.4) is 0 Å². The average Bonchev–Trinajstić information content (AvgIpc) is 2.27. The Kier molecular flexibility index (Phi) is 2.96. The van der Waals surface area contributed by atoms with Crippen molar-refractivity contribution in [3.8, 4) is 0 Å². The first kappa shape index (κ1) is 9.07. The van der Waals surface area contributed by atoms with Gasteiger partial charge in [0.05, 0.1) is 10.2 Å². The van der Waals surface area contributed by atoms with Gasteiger partial charge >= 0.3 is 0 Å². The first-order valence-electron chi connectivity index (χ1n) is 2.91. The zero-order chi connectivity index (χ0) is 6.97. The average molecular weight is 222 g/mol. The predicted octanol–water partition coefficient (Wildman–Crippen LogP) is 2.58. The van der Waals surface area contributed by atoms with Gasteiger partial charge in [0.2, 0.25) is 0 Å². The molecule has 0 bridgehead atoms. The molecule has 1 radical (unpaired) electrons. The summed E-state index contributed by atoms with van der Waals surface area (Å²) in [4.78, 5) is 4.20. The first-order chi connectivity index (χ1) is 4.86. The van der Waals surface area contributed by atoms with Gasteiger partial charge in [0.15, 0.2) is 0 Å². The molecule has 1 nitrogen and oxygen atoms in total. The molecule has 0 aliphatic heterocycles. The number of rotatable bonds is 0. The molecule has 2 aromatic rings. The van der Waals surface area contributed by atoms with Gasteiger partial charge in [-0.15, -0.1) is 24.0 Å². The maximum absolute atomic E-state index is 4.20. The van der Waals surface area contributed by atoms with Crippen LogP contribution in [-0.4, -0.2) is 4.98 Å². The number of para-hydroxylation sites is 1. The molecule has 0 aliphatic carbocycles. The molecule has 0 fully saturated rings. The Morgan fingerprint density at radius 1 is 1.27 bits per heavy atom. The number of fused-ring (bicyclic) bond motifs is 1. The first-order valence-corrected chi connectivity index (χ1v) is 4.17. The second-order valence-corrected chi connectivity index (χ2v) is 3.72. The van der Waals surface area contributed by atoms with Crippen LogP contribution in [0.15, 0.2) is 28.6 Å². The van der Waals surface area contributed by atoms with Crippen molar-refractivity contribution in [1.29, 1.82) is 0 Å². The number of aromatic nitrogens is 1. The van der Waals surface area contributed by atoms with E-state index in [1.807, 2.05) is 24.3 Å². The zero-order valence-electron chi connectivity index (χ0n) is 5.49. The molecule has 0 unspecified atom stereocenters. The van der Waals surface area contributed by atoms with Crippen LogP contribution >= 0.6 is 24.0 Å². The van der Waals surface area contributed by atoms with Crippen molar-refractivity contribution in [1.82, 2.24) is 4.98 Å². The molecule has 11 heavy (non-hydrogen) atoms. The maximum Gasteiger partial charge on any atom is 0.148 e. The van der Waals surface area contributed by atoms with Crippen LogP contribution in [-0.2, 0) is 17.1 Å². The summed E-state index contributed by atoms with van der Waals surface area (Å²) in [5.41, 5.74) is 1.04. The molecule has 1 aromatic carbocycles. The van der Waals surface area contributed by atoms with Crippen molar-refractivity contribution >= 4 is 34.2 Å². The van der Waals surface area contributed by atoms with Gasteiger partial charge < -0.3 is 0 Å². The molecule has 0 spiro atoms. The summed E-state index contributed by atoms with van der Waals surface area (Å²) in [6, 6.07) is 8.03. The Balaban J connectivity index is 0.000000605. The zero-order valence-corrected chi connectivity index (χ0v) is 8.38. The van der Waals surface area contributed by atoms with Crippen molar-refractivity contribution in [2.45, 2.75) is 4.34 Å². The van der Waals surface area contributed by atoms with Gasteiger partial charge in [-0.05, 0) is 12.1 Å². The van der Waals surface area contributed by atoms with E-state index in [4.69, 9.17) is 0 Å². The Morgan fingerprint density at radius 3 is 2.73 bits per heavy atom. The van der Waals surface area contributed by atoms with E-state index < -0.39 is 0 Å². The van der Waals surface area contributed by atoms with Crippen LogP contribution in [0.4, 0.5) is 0 Å². The van der Waals surface area contributed by atoms with E-state index in [0.717, 1.165) is 9.86 Å². The van der Waals surface area contributed by atoms with Gasteiger partial charge in [-0.3, -0.25) is 0 Å². The Hall–Kier alpha value is -0.0205. The Bertz CT molecular complexity index is 325. The van der Waals surface area contributed by atoms with Gasteiger partial charge in [0.25, 0.3) is 0 Å². The molecule has 1 heterocycles. The molecule has 57 valence electrons. The van der Waals surface area contributed by atoms with Gasteiger partial charge in [0, 0.05) is 17.1 Å². The molecular formula is C7H5MnNS2. The van der Waals surface area contributed by atoms with Crippen LogP contribution in [0.5, 0.6) is 0 Å². The molecule has 1 aromatic heterocycles. The summed E-state index contributed by atoms with van der Waals surface area (Å²) in [6.07, 6.45) is 0. The summed E-state index contributed by atoms with van der Waals surface area (Å²) < 4.78 is 2.04. The topological polar surface area (TPSA) is 12.9 Å². The second kappa shape index (κ2) is 3.59. The van der Waals surface area contributed by atoms with Gasteiger partial charge in [-0.1, -0.05) is 12.1 Å². The number of benzene rings is 1. The molecule has 0 amide bonds. The Morgan fingerprint density at radius 2 is 2.00 bits per heavy atom. The van der Waals surface area contributed by atoms with E-state index in [9.17, 15) is 0 Å². The third kappa shape index (κ3) is 1.76. The molecule has 0 saturated carbocycles. The number of thiol groups is 1. The van der Waals surface area contributed by atoms with Gasteiger partial charge in [0.1, 0.15) is 4.34 Å². The Labute approximate surface area is 84.7 Å². The summed E-state index contributed by atoms with van der Waals surface area (Å²) in [7, 11) is 0. The number of hydrogen-bond donors (Lipinski definition) is 1. The monoisotopic (exact) mass is 222 g/mol. The third-order valence-electron chi connectivity index (χ3n) is 1.28. The summed E-state index contributed by atoms with van der Waals surface area (Å²) in [5, 5.41) is 0. The molecular weight excluding hydrogens is 217 g/mol. The van der Waals surface area contributed by atoms with E-state index in [2.05, 4.69) is 17.6 Å². The van der Waals surface area contributed by atoms with E-state index in [1.165, 1.54) is 4.70 Å².